The predicted molar refractivity (Wildman–Crippen MR) is 79.4 cm³/mol. The molecule has 0 spiro atoms. The highest BCUT2D eigenvalue weighted by molar-refractivity contribution is 6.35. The van der Waals surface area contributed by atoms with Crippen LogP contribution < -0.4 is 10.7 Å². The summed E-state index contributed by atoms with van der Waals surface area (Å²) in [5.41, 5.74) is 2.35. The van der Waals surface area contributed by atoms with Gasteiger partial charge in [0, 0.05) is 10.6 Å². The maximum Gasteiger partial charge on any atom is 0.329 e. The van der Waals surface area contributed by atoms with E-state index < -0.39 is 11.8 Å². The molecule has 22 heavy (non-hydrogen) atoms. The van der Waals surface area contributed by atoms with Gasteiger partial charge < -0.3 is 14.8 Å². The van der Waals surface area contributed by atoms with Crippen molar-refractivity contribution in [2.45, 2.75) is 6.54 Å². The van der Waals surface area contributed by atoms with Crippen LogP contribution in [0.15, 0.2) is 46.1 Å². The molecule has 0 aliphatic heterocycles. The van der Waals surface area contributed by atoms with Crippen molar-refractivity contribution in [1.82, 2.24) is 10.7 Å². The Morgan fingerprint density at radius 3 is 2.86 bits per heavy atom. The number of carbonyl (C=O) groups is 2. The van der Waals surface area contributed by atoms with Crippen molar-refractivity contribution in [2.24, 2.45) is 5.10 Å². The highest BCUT2D eigenvalue weighted by Gasteiger charge is 2.12. The maximum atomic E-state index is 11.5. The number of nitrogens with zero attached hydrogens (tertiary/aromatic N) is 1. The summed E-state index contributed by atoms with van der Waals surface area (Å²) in [6.45, 7) is 0.0953. The van der Waals surface area contributed by atoms with E-state index in [-0.39, 0.29) is 12.3 Å². The van der Waals surface area contributed by atoms with Crippen molar-refractivity contribution in [2.75, 3.05) is 0 Å². The average molecular weight is 322 g/mol. The van der Waals surface area contributed by atoms with Gasteiger partial charge in [0.15, 0.2) is 0 Å². The zero-order chi connectivity index (χ0) is 15.9. The van der Waals surface area contributed by atoms with Gasteiger partial charge in [0.2, 0.25) is 0 Å². The molecule has 0 fully saturated rings. The van der Waals surface area contributed by atoms with Crippen molar-refractivity contribution in [3.8, 4) is 5.75 Å². The molecule has 0 radical (unpaired) electrons. The fourth-order valence-corrected chi connectivity index (χ4v) is 1.68. The monoisotopic (exact) mass is 321 g/mol. The van der Waals surface area contributed by atoms with Crippen molar-refractivity contribution in [1.29, 1.82) is 0 Å². The average Bonchev–Trinajstić information content (AvgIpc) is 3.01. The standard InChI is InChI=1S/C14H12ClN3O4/c15-10-3-4-12(19)9(6-10)7-17-18-14(21)13(20)16-8-11-2-1-5-22-11/h1-7,19H,8H2,(H,16,20)(H,18,21)/b17-7-. The number of aromatic hydroxyl groups is 1. The normalized spacial score (nSPS) is 10.6. The Morgan fingerprint density at radius 2 is 2.14 bits per heavy atom. The van der Waals surface area contributed by atoms with Gasteiger partial charge in [-0.25, -0.2) is 5.43 Å². The Labute approximate surface area is 130 Å². The third kappa shape index (κ3) is 4.35. The van der Waals surface area contributed by atoms with Crippen LogP contribution >= 0.6 is 11.6 Å². The van der Waals surface area contributed by atoms with Crippen molar-refractivity contribution in [3.63, 3.8) is 0 Å². The highest BCUT2D eigenvalue weighted by atomic mass is 35.5. The molecular weight excluding hydrogens is 310 g/mol. The molecule has 1 aromatic carbocycles. The van der Waals surface area contributed by atoms with Crippen LogP contribution in [0.1, 0.15) is 11.3 Å². The molecule has 2 amide bonds. The number of carbonyl (C=O) groups excluding carboxylic acids is 2. The molecule has 1 heterocycles. The van der Waals surface area contributed by atoms with Crippen LogP contribution in [0.2, 0.25) is 5.02 Å². The number of hydrazone groups is 1. The van der Waals surface area contributed by atoms with E-state index in [0.717, 1.165) is 0 Å². The lowest BCUT2D eigenvalue weighted by Crippen LogP contribution is -2.37. The number of furan rings is 1. The minimum atomic E-state index is -0.940. The first-order valence-corrected chi connectivity index (χ1v) is 6.56. The van der Waals surface area contributed by atoms with Gasteiger partial charge in [-0.3, -0.25) is 9.59 Å². The molecule has 0 aliphatic rings. The first-order valence-electron chi connectivity index (χ1n) is 6.18. The number of benzene rings is 1. The van der Waals surface area contributed by atoms with E-state index in [0.29, 0.717) is 16.3 Å². The molecule has 2 rings (SSSR count). The first kappa shape index (κ1) is 15.6. The van der Waals surface area contributed by atoms with Crippen molar-refractivity contribution >= 4 is 29.6 Å². The SMILES string of the molecule is O=C(NCc1ccco1)C(=O)N/N=C\c1cc(Cl)ccc1O. The van der Waals surface area contributed by atoms with Gasteiger partial charge in [0.25, 0.3) is 0 Å². The molecule has 7 nitrogen and oxygen atoms in total. The summed E-state index contributed by atoms with van der Waals surface area (Å²) in [6, 6.07) is 7.70. The van der Waals surface area contributed by atoms with Gasteiger partial charge in [-0.05, 0) is 30.3 Å². The van der Waals surface area contributed by atoms with Crippen LogP contribution in [0.3, 0.4) is 0 Å². The van der Waals surface area contributed by atoms with Crippen LogP contribution in [0.4, 0.5) is 0 Å². The lowest BCUT2D eigenvalue weighted by Gasteiger charge is -2.02. The zero-order valence-electron chi connectivity index (χ0n) is 11.2. The van der Waals surface area contributed by atoms with Crippen LogP contribution in [0, 0.1) is 0 Å². The second-order valence-electron chi connectivity index (χ2n) is 4.16. The number of nitrogens with one attached hydrogen (secondary N) is 2. The summed E-state index contributed by atoms with van der Waals surface area (Å²) in [5, 5.41) is 15.9. The Morgan fingerprint density at radius 1 is 1.32 bits per heavy atom. The minimum absolute atomic E-state index is 0.0512. The molecule has 0 saturated heterocycles. The first-order chi connectivity index (χ1) is 10.6. The van der Waals surface area contributed by atoms with E-state index >= 15 is 0 Å². The van der Waals surface area contributed by atoms with Crippen molar-refractivity contribution in [3.05, 3.63) is 52.9 Å². The lowest BCUT2D eigenvalue weighted by molar-refractivity contribution is -0.139. The molecule has 0 bridgehead atoms. The molecule has 0 unspecified atom stereocenters. The van der Waals surface area contributed by atoms with Gasteiger partial charge in [-0.2, -0.15) is 5.10 Å². The van der Waals surface area contributed by atoms with Gasteiger partial charge in [0.05, 0.1) is 19.0 Å². The third-order valence-electron chi connectivity index (χ3n) is 2.57. The Balaban J connectivity index is 1.85. The van der Waals surface area contributed by atoms with Gasteiger partial charge in [0.1, 0.15) is 11.5 Å². The molecule has 0 aliphatic carbocycles. The van der Waals surface area contributed by atoms with Gasteiger partial charge in [-0.15, -0.1) is 0 Å². The van der Waals surface area contributed by atoms with E-state index in [4.69, 9.17) is 16.0 Å². The number of rotatable bonds is 4. The predicted octanol–water partition coefficient (Wildman–Crippen LogP) is 1.41. The number of halogens is 1. The smallest absolute Gasteiger partial charge is 0.329 e. The zero-order valence-corrected chi connectivity index (χ0v) is 12.0. The van der Waals surface area contributed by atoms with Crippen LogP contribution in [-0.4, -0.2) is 23.1 Å². The second-order valence-corrected chi connectivity index (χ2v) is 4.60. The van der Waals surface area contributed by atoms with Crippen LogP contribution in [0.25, 0.3) is 0 Å². The summed E-state index contributed by atoms with van der Waals surface area (Å²) in [7, 11) is 0. The Bertz CT molecular complexity index is 698. The van der Waals surface area contributed by atoms with Crippen LogP contribution in [0.5, 0.6) is 5.75 Å². The van der Waals surface area contributed by atoms with Gasteiger partial charge >= 0.3 is 11.8 Å². The fourth-order valence-electron chi connectivity index (χ4n) is 1.50. The number of hydrogen-bond acceptors (Lipinski definition) is 5. The highest BCUT2D eigenvalue weighted by Crippen LogP contribution is 2.19. The van der Waals surface area contributed by atoms with E-state index in [1.54, 1.807) is 12.1 Å². The van der Waals surface area contributed by atoms with Crippen molar-refractivity contribution < 1.29 is 19.1 Å². The second kappa shape index (κ2) is 7.28. The third-order valence-corrected chi connectivity index (χ3v) is 2.80. The Hall–Kier alpha value is -2.80. The largest absolute Gasteiger partial charge is 0.507 e. The molecular formula is C14H12ClN3O4. The Kier molecular flexibility index (Phi) is 5.16. The minimum Gasteiger partial charge on any atom is -0.507 e. The summed E-state index contributed by atoms with van der Waals surface area (Å²) in [4.78, 5) is 23.0. The number of phenolic OH excluding ortho intramolecular Hbond substituents is 1. The van der Waals surface area contributed by atoms with Gasteiger partial charge in [-0.1, -0.05) is 11.6 Å². The summed E-state index contributed by atoms with van der Waals surface area (Å²) >= 11 is 5.77. The lowest BCUT2D eigenvalue weighted by atomic mass is 10.2. The molecule has 0 atom stereocenters. The van der Waals surface area contributed by atoms with E-state index in [9.17, 15) is 14.7 Å². The van der Waals surface area contributed by atoms with E-state index in [1.807, 2.05) is 5.43 Å². The van der Waals surface area contributed by atoms with Crippen LogP contribution in [-0.2, 0) is 16.1 Å². The molecule has 3 N–H and O–H groups in total. The maximum absolute atomic E-state index is 11.5. The molecule has 8 heteroatoms. The molecule has 0 saturated carbocycles. The summed E-state index contributed by atoms with van der Waals surface area (Å²) in [5.74, 6) is -1.33. The topological polar surface area (TPSA) is 104 Å². The summed E-state index contributed by atoms with van der Waals surface area (Å²) < 4.78 is 5.01. The molecule has 2 aromatic rings. The van der Waals surface area contributed by atoms with E-state index in [2.05, 4.69) is 10.4 Å². The number of amides is 2. The number of phenols is 1. The quantitative estimate of drug-likeness (QED) is 0.450. The van der Waals surface area contributed by atoms with E-state index in [1.165, 1.54) is 30.7 Å². The molecule has 1 aromatic heterocycles. The fraction of sp³-hybridized carbons (Fsp3) is 0.0714. The number of hydrogen-bond donors (Lipinski definition) is 3. The summed E-state index contributed by atoms with van der Waals surface area (Å²) in [6.07, 6.45) is 2.64. The molecule has 114 valence electrons.